The maximum absolute atomic E-state index is 12.6. The van der Waals surface area contributed by atoms with Crippen LogP contribution < -0.4 is 14.5 Å². The Bertz CT molecular complexity index is 1610. The molecular weight excluding hydrogens is 548 g/mol. The van der Waals surface area contributed by atoms with Crippen molar-refractivity contribution in [1.29, 1.82) is 0 Å². The summed E-state index contributed by atoms with van der Waals surface area (Å²) in [6, 6.07) is 24.2. The van der Waals surface area contributed by atoms with Gasteiger partial charge in [0.25, 0.3) is 0 Å². The zero-order valence-corrected chi connectivity index (χ0v) is 25.2. The number of nitrogens with one attached hydrogen (secondary N) is 1. The largest absolute Gasteiger partial charge is 0.419 e. The molecule has 1 aliphatic heterocycles. The molecule has 2 aromatic heterocycles. The third-order valence-corrected chi connectivity index (χ3v) is 9.71. The Morgan fingerprint density at radius 2 is 1.69 bits per heavy atom. The first-order valence-corrected chi connectivity index (χ1v) is 16.5. The molecule has 4 atom stereocenters. The number of nitrogens with zero attached hydrogens (tertiary/aromatic N) is 5. The lowest BCUT2D eigenvalue weighted by molar-refractivity contribution is 0.303. The lowest BCUT2D eigenvalue weighted by Crippen LogP contribution is -2.33. The molecule has 3 heterocycles. The molecule has 1 saturated heterocycles. The van der Waals surface area contributed by atoms with Gasteiger partial charge >= 0.3 is 0 Å². The summed E-state index contributed by atoms with van der Waals surface area (Å²) in [5.74, 6) is 3.30. The fourth-order valence-electron chi connectivity index (χ4n) is 5.78. The van der Waals surface area contributed by atoms with E-state index in [-0.39, 0.29) is 12.0 Å². The quantitative estimate of drug-likeness (QED) is 0.264. The normalized spacial score (nSPS) is 22.1. The molecule has 2 aliphatic rings. The van der Waals surface area contributed by atoms with E-state index in [1.165, 1.54) is 29.6 Å². The van der Waals surface area contributed by atoms with Crippen molar-refractivity contribution in [3.63, 3.8) is 0 Å². The first-order chi connectivity index (χ1) is 20.3. The van der Waals surface area contributed by atoms with E-state index in [0.717, 1.165) is 31.5 Å². The highest BCUT2D eigenvalue weighted by Crippen LogP contribution is 2.41. The average Bonchev–Trinajstić information content (AvgIpc) is 3.48. The second-order valence-corrected chi connectivity index (χ2v) is 13.7. The number of benzene rings is 2. The summed E-state index contributed by atoms with van der Waals surface area (Å²) in [6.45, 7) is 4.62. The zero-order chi connectivity index (χ0) is 29.3. The van der Waals surface area contributed by atoms with Gasteiger partial charge in [0.05, 0.1) is 12.3 Å². The van der Waals surface area contributed by atoms with Crippen molar-refractivity contribution in [3.05, 3.63) is 89.8 Å². The minimum Gasteiger partial charge on any atom is -0.419 e. The molecule has 10 heteroatoms. The maximum Gasteiger partial charge on any atom is 0.248 e. The van der Waals surface area contributed by atoms with Crippen LogP contribution in [0.4, 0.5) is 11.6 Å². The van der Waals surface area contributed by atoms with Crippen LogP contribution in [0.15, 0.2) is 77.2 Å². The topological polar surface area (TPSA) is 104 Å². The number of sulfonamides is 1. The number of rotatable bonds is 10. The summed E-state index contributed by atoms with van der Waals surface area (Å²) in [5, 5.41) is 12.5. The van der Waals surface area contributed by atoms with Gasteiger partial charge in [-0.1, -0.05) is 67.6 Å². The molecule has 0 spiro atoms. The molecule has 0 unspecified atom stereocenters. The minimum absolute atomic E-state index is 0.104. The highest BCUT2D eigenvalue weighted by Gasteiger charge is 2.35. The fourth-order valence-corrected chi connectivity index (χ4v) is 6.22. The molecule has 1 saturated carbocycles. The summed E-state index contributed by atoms with van der Waals surface area (Å²) in [7, 11) is -2.03. The van der Waals surface area contributed by atoms with Crippen LogP contribution in [0.5, 0.6) is 0 Å². The molecule has 4 aromatic rings. The van der Waals surface area contributed by atoms with E-state index in [2.05, 4.69) is 63.7 Å². The van der Waals surface area contributed by atoms with Gasteiger partial charge in [-0.2, -0.15) is 0 Å². The number of pyridine rings is 1. The summed E-state index contributed by atoms with van der Waals surface area (Å²) in [5.41, 5.74) is 3.04. The van der Waals surface area contributed by atoms with E-state index >= 15 is 0 Å². The van der Waals surface area contributed by atoms with E-state index in [1.807, 2.05) is 30.3 Å². The van der Waals surface area contributed by atoms with E-state index in [9.17, 15) is 8.42 Å². The summed E-state index contributed by atoms with van der Waals surface area (Å²) in [4.78, 5) is 7.08. The van der Waals surface area contributed by atoms with Crippen LogP contribution in [0.2, 0.25) is 0 Å². The highest BCUT2D eigenvalue weighted by molar-refractivity contribution is 7.92. The number of piperidine rings is 1. The van der Waals surface area contributed by atoms with E-state index in [4.69, 9.17) is 9.40 Å². The maximum atomic E-state index is 12.6. The Balaban J connectivity index is 1.38. The molecule has 6 rings (SSSR count). The Morgan fingerprint density at radius 3 is 2.38 bits per heavy atom. The van der Waals surface area contributed by atoms with Crippen LogP contribution in [0.1, 0.15) is 55.2 Å². The third-order valence-electron chi connectivity index (χ3n) is 8.53. The Morgan fingerprint density at radius 1 is 1.00 bits per heavy atom. The van der Waals surface area contributed by atoms with Gasteiger partial charge in [-0.05, 0) is 60.9 Å². The van der Waals surface area contributed by atoms with Crippen molar-refractivity contribution in [2.24, 2.45) is 11.8 Å². The molecule has 220 valence electrons. The SMILES string of the molecule is C[C@H]1C[C@@H]1CN(Cc1ccccc1)c1cc(-c2nnc([C@H]3NCCC[C@H]3c3ccccc3)o2)cc(N(C)S(C)(=O)=O)n1. The monoisotopic (exact) mass is 586 g/mol. The van der Waals surface area contributed by atoms with Gasteiger partial charge in [-0.3, -0.25) is 4.31 Å². The molecule has 42 heavy (non-hydrogen) atoms. The van der Waals surface area contributed by atoms with Gasteiger partial charge in [-0.25, -0.2) is 13.4 Å². The van der Waals surface area contributed by atoms with Gasteiger partial charge in [0.15, 0.2) is 0 Å². The van der Waals surface area contributed by atoms with Gasteiger partial charge in [0.2, 0.25) is 21.8 Å². The zero-order valence-electron chi connectivity index (χ0n) is 24.3. The van der Waals surface area contributed by atoms with Crippen LogP contribution in [0.3, 0.4) is 0 Å². The predicted molar refractivity (Wildman–Crippen MR) is 165 cm³/mol. The van der Waals surface area contributed by atoms with Gasteiger partial charge < -0.3 is 14.6 Å². The summed E-state index contributed by atoms with van der Waals surface area (Å²) < 4.78 is 32.7. The molecule has 0 amide bonds. The Hall–Kier alpha value is -3.76. The van der Waals surface area contributed by atoms with E-state index in [1.54, 1.807) is 6.07 Å². The van der Waals surface area contributed by atoms with Crippen molar-refractivity contribution < 1.29 is 12.8 Å². The summed E-state index contributed by atoms with van der Waals surface area (Å²) in [6.07, 6.45) is 4.45. The Labute approximate surface area is 248 Å². The average molecular weight is 587 g/mol. The molecular formula is C32H38N6O3S. The van der Waals surface area contributed by atoms with Gasteiger partial charge in [0.1, 0.15) is 11.6 Å². The van der Waals surface area contributed by atoms with E-state index < -0.39 is 10.0 Å². The lowest BCUT2D eigenvalue weighted by atomic mass is 9.85. The standard InChI is InChI=1S/C32H38N6O3S/c1-22-17-26(22)21-38(20-23-11-6-4-7-12-23)29-19-25(18-28(34-29)37(2)42(3,39)40)31-35-36-32(41-31)30-27(15-10-16-33-30)24-13-8-5-9-14-24/h4-9,11-14,18-19,22,26-27,30,33H,10,15-17,20-21H2,1-3H3/t22-,26+,27-,30-/m0/s1. The molecule has 9 nitrogen and oxygen atoms in total. The number of aromatic nitrogens is 3. The van der Waals surface area contributed by atoms with Gasteiger partial charge in [0, 0.05) is 31.6 Å². The molecule has 0 bridgehead atoms. The third kappa shape index (κ3) is 6.34. The first kappa shape index (κ1) is 28.4. The predicted octanol–water partition coefficient (Wildman–Crippen LogP) is 5.40. The minimum atomic E-state index is -3.55. The van der Waals surface area contributed by atoms with Crippen LogP contribution >= 0.6 is 0 Å². The molecule has 1 N–H and O–H groups in total. The van der Waals surface area contributed by atoms with Crippen LogP contribution in [0, 0.1) is 11.8 Å². The molecule has 0 radical (unpaired) electrons. The van der Waals surface area contributed by atoms with Crippen LogP contribution in [-0.4, -0.2) is 50.0 Å². The Kier molecular flexibility index (Phi) is 8.00. The number of hydrogen-bond donors (Lipinski definition) is 1. The van der Waals surface area contributed by atoms with Crippen LogP contribution in [-0.2, 0) is 16.6 Å². The van der Waals surface area contributed by atoms with Crippen LogP contribution in [0.25, 0.3) is 11.5 Å². The lowest BCUT2D eigenvalue weighted by Gasteiger charge is -2.30. The molecule has 2 fully saturated rings. The van der Waals surface area contributed by atoms with E-state index in [0.29, 0.717) is 47.4 Å². The first-order valence-electron chi connectivity index (χ1n) is 14.6. The van der Waals surface area contributed by atoms with Crippen molar-refractivity contribution in [2.75, 3.05) is 35.6 Å². The van der Waals surface area contributed by atoms with Crippen molar-refractivity contribution in [1.82, 2.24) is 20.5 Å². The van der Waals surface area contributed by atoms with Crippen molar-refractivity contribution in [2.45, 2.75) is 44.7 Å². The fraction of sp³-hybridized carbons (Fsp3) is 0.406. The smallest absolute Gasteiger partial charge is 0.248 e. The molecule has 1 aliphatic carbocycles. The number of anilines is 2. The highest BCUT2D eigenvalue weighted by atomic mass is 32.2. The second kappa shape index (κ2) is 11.9. The molecule has 2 aromatic carbocycles. The van der Waals surface area contributed by atoms with Crippen molar-refractivity contribution in [3.8, 4) is 11.5 Å². The second-order valence-electron chi connectivity index (χ2n) is 11.7. The number of hydrogen-bond acceptors (Lipinski definition) is 8. The van der Waals surface area contributed by atoms with Gasteiger partial charge in [-0.15, -0.1) is 10.2 Å². The van der Waals surface area contributed by atoms with Crippen molar-refractivity contribution >= 4 is 21.7 Å². The summed E-state index contributed by atoms with van der Waals surface area (Å²) >= 11 is 0.